The van der Waals surface area contributed by atoms with Crippen molar-refractivity contribution in [1.29, 1.82) is 0 Å². The Labute approximate surface area is 119 Å². The molecule has 110 valence electrons. The highest BCUT2D eigenvalue weighted by Crippen LogP contribution is 2.09. The van der Waals surface area contributed by atoms with Gasteiger partial charge in [-0.15, -0.1) is 12.4 Å². The molecule has 0 saturated carbocycles. The molecular weight excluding hydrogens is 248 g/mol. The zero-order chi connectivity index (χ0) is 13.4. The second-order valence-corrected chi connectivity index (χ2v) is 5.65. The molecule has 0 bridgehead atoms. The van der Waals surface area contributed by atoms with Gasteiger partial charge in [0.05, 0.1) is 6.04 Å². The molecule has 0 saturated heterocycles. The third-order valence-corrected chi connectivity index (χ3v) is 3.37. The minimum atomic E-state index is -0.368. The summed E-state index contributed by atoms with van der Waals surface area (Å²) >= 11 is 0. The van der Waals surface area contributed by atoms with E-state index in [-0.39, 0.29) is 36.3 Å². The second-order valence-electron chi connectivity index (χ2n) is 5.65. The number of carbonyl (C=O) groups is 1. The summed E-state index contributed by atoms with van der Waals surface area (Å²) in [6.45, 7) is 10.6. The molecule has 1 amide bonds. The highest BCUT2D eigenvalue weighted by atomic mass is 35.5. The molecule has 18 heavy (non-hydrogen) atoms. The molecule has 4 heteroatoms. The molecule has 0 fully saturated rings. The van der Waals surface area contributed by atoms with Crippen LogP contribution < -0.4 is 11.1 Å². The number of nitrogens with one attached hydrogen (secondary N) is 1. The molecule has 3 unspecified atom stereocenters. The van der Waals surface area contributed by atoms with Crippen molar-refractivity contribution in [3.63, 3.8) is 0 Å². The highest BCUT2D eigenvalue weighted by Gasteiger charge is 2.20. The van der Waals surface area contributed by atoms with E-state index >= 15 is 0 Å². The van der Waals surface area contributed by atoms with Gasteiger partial charge in [0.2, 0.25) is 5.91 Å². The number of halogens is 1. The Hall–Kier alpha value is -0.280. The molecule has 0 radical (unpaired) electrons. The third-order valence-electron chi connectivity index (χ3n) is 3.37. The van der Waals surface area contributed by atoms with Crippen LogP contribution in [0.2, 0.25) is 0 Å². The first kappa shape index (κ1) is 20.0. The molecule has 0 heterocycles. The van der Waals surface area contributed by atoms with E-state index in [9.17, 15) is 4.79 Å². The lowest BCUT2D eigenvalue weighted by Gasteiger charge is -2.21. The summed E-state index contributed by atoms with van der Waals surface area (Å²) in [4.78, 5) is 11.8. The SMILES string of the molecule is CCC(C)C(N)C(=O)NC(C)CCCC(C)C.Cl. The summed E-state index contributed by atoms with van der Waals surface area (Å²) in [5.74, 6) is 0.981. The van der Waals surface area contributed by atoms with Crippen molar-refractivity contribution in [2.24, 2.45) is 17.6 Å². The van der Waals surface area contributed by atoms with Crippen LogP contribution in [0.1, 0.15) is 60.3 Å². The summed E-state index contributed by atoms with van der Waals surface area (Å²) in [6.07, 6.45) is 4.36. The standard InChI is InChI=1S/C14H30N2O.ClH/c1-6-11(4)13(15)14(17)16-12(5)9-7-8-10(2)3;/h10-13H,6-9,15H2,1-5H3,(H,16,17);1H. The maximum absolute atomic E-state index is 11.8. The van der Waals surface area contributed by atoms with Crippen LogP contribution in [0.25, 0.3) is 0 Å². The first-order valence-electron chi connectivity index (χ1n) is 6.94. The number of hydrogen-bond acceptors (Lipinski definition) is 2. The summed E-state index contributed by atoms with van der Waals surface area (Å²) < 4.78 is 0. The van der Waals surface area contributed by atoms with E-state index in [1.807, 2.05) is 6.92 Å². The van der Waals surface area contributed by atoms with Gasteiger partial charge in [0.25, 0.3) is 0 Å². The number of nitrogens with two attached hydrogens (primary N) is 1. The monoisotopic (exact) mass is 278 g/mol. The van der Waals surface area contributed by atoms with Crippen LogP contribution >= 0.6 is 12.4 Å². The Morgan fingerprint density at radius 3 is 2.17 bits per heavy atom. The van der Waals surface area contributed by atoms with Gasteiger partial charge in [-0.1, -0.05) is 47.0 Å². The van der Waals surface area contributed by atoms with Gasteiger partial charge in [0.15, 0.2) is 0 Å². The van der Waals surface area contributed by atoms with Crippen molar-refractivity contribution in [3.05, 3.63) is 0 Å². The van der Waals surface area contributed by atoms with Crippen molar-refractivity contribution in [1.82, 2.24) is 5.32 Å². The van der Waals surface area contributed by atoms with E-state index in [0.717, 1.165) is 25.2 Å². The zero-order valence-corrected chi connectivity index (χ0v) is 13.3. The van der Waals surface area contributed by atoms with Crippen molar-refractivity contribution in [2.75, 3.05) is 0 Å². The van der Waals surface area contributed by atoms with Gasteiger partial charge in [-0.05, 0) is 25.2 Å². The van der Waals surface area contributed by atoms with Crippen LogP contribution in [0.4, 0.5) is 0 Å². The summed E-state index contributed by atoms with van der Waals surface area (Å²) in [5, 5.41) is 3.00. The van der Waals surface area contributed by atoms with Crippen LogP contribution in [0.15, 0.2) is 0 Å². The predicted octanol–water partition coefficient (Wildman–Crippen LogP) is 3.11. The number of amides is 1. The van der Waals surface area contributed by atoms with E-state index in [1.54, 1.807) is 0 Å². The van der Waals surface area contributed by atoms with Gasteiger partial charge < -0.3 is 11.1 Å². The fourth-order valence-electron chi connectivity index (χ4n) is 1.76. The van der Waals surface area contributed by atoms with Crippen LogP contribution in [0.3, 0.4) is 0 Å². The molecule has 0 aliphatic carbocycles. The molecule has 0 aromatic heterocycles. The van der Waals surface area contributed by atoms with E-state index < -0.39 is 0 Å². The summed E-state index contributed by atoms with van der Waals surface area (Å²) in [6, 6.07) is -0.135. The minimum absolute atomic E-state index is 0. The molecule has 3 nitrogen and oxygen atoms in total. The molecule has 0 aromatic rings. The van der Waals surface area contributed by atoms with Gasteiger partial charge in [0, 0.05) is 6.04 Å². The first-order valence-corrected chi connectivity index (χ1v) is 6.94. The molecule has 3 N–H and O–H groups in total. The Morgan fingerprint density at radius 2 is 1.72 bits per heavy atom. The van der Waals surface area contributed by atoms with Crippen molar-refractivity contribution < 1.29 is 4.79 Å². The van der Waals surface area contributed by atoms with E-state index in [2.05, 4.69) is 33.0 Å². The van der Waals surface area contributed by atoms with Crippen LogP contribution in [0.5, 0.6) is 0 Å². The molecule has 0 aromatic carbocycles. The molecular formula is C14H31ClN2O. The normalized spacial score (nSPS) is 15.7. The first-order chi connectivity index (χ1) is 7.88. The largest absolute Gasteiger partial charge is 0.352 e. The van der Waals surface area contributed by atoms with Crippen LogP contribution in [0, 0.1) is 11.8 Å². The smallest absolute Gasteiger partial charge is 0.237 e. The van der Waals surface area contributed by atoms with Crippen LogP contribution in [-0.2, 0) is 4.79 Å². The minimum Gasteiger partial charge on any atom is -0.352 e. The highest BCUT2D eigenvalue weighted by molar-refractivity contribution is 5.85. The fourth-order valence-corrected chi connectivity index (χ4v) is 1.76. The van der Waals surface area contributed by atoms with E-state index in [4.69, 9.17) is 5.73 Å². The van der Waals surface area contributed by atoms with Gasteiger partial charge in [0.1, 0.15) is 0 Å². The second kappa shape index (κ2) is 10.6. The lowest BCUT2D eigenvalue weighted by atomic mass is 9.98. The molecule has 0 rings (SSSR count). The van der Waals surface area contributed by atoms with Gasteiger partial charge in [-0.2, -0.15) is 0 Å². The van der Waals surface area contributed by atoms with E-state index in [1.165, 1.54) is 6.42 Å². The fraction of sp³-hybridized carbons (Fsp3) is 0.929. The lowest BCUT2D eigenvalue weighted by Crippen LogP contribution is -2.47. The molecule has 0 aliphatic rings. The van der Waals surface area contributed by atoms with Gasteiger partial charge in [-0.25, -0.2) is 0 Å². The predicted molar refractivity (Wildman–Crippen MR) is 81.0 cm³/mol. The average Bonchev–Trinajstić information content (AvgIpc) is 2.26. The molecule has 0 spiro atoms. The van der Waals surface area contributed by atoms with Gasteiger partial charge >= 0.3 is 0 Å². The van der Waals surface area contributed by atoms with Crippen molar-refractivity contribution in [2.45, 2.75) is 72.4 Å². The summed E-state index contributed by atoms with van der Waals surface area (Å²) in [5.41, 5.74) is 5.88. The Morgan fingerprint density at radius 1 is 1.17 bits per heavy atom. The Balaban J connectivity index is 0. The van der Waals surface area contributed by atoms with E-state index in [0.29, 0.717) is 0 Å². The third kappa shape index (κ3) is 8.76. The van der Waals surface area contributed by atoms with Crippen molar-refractivity contribution in [3.8, 4) is 0 Å². The Bertz CT molecular complexity index is 222. The Kier molecular flexibility index (Phi) is 11.8. The van der Waals surface area contributed by atoms with Gasteiger partial charge in [-0.3, -0.25) is 4.79 Å². The summed E-state index contributed by atoms with van der Waals surface area (Å²) in [7, 11) is 0. The van der Waals surface area contributed by atoms with Crippen LogP contribution in [-0.4, -0.2) is 18.0 Å². The maximum atomic E-state index is 11.8. The number of hydrogen-bond donors (Lipinski definition) is 2. The quantitative estimate of drug-likeness (QED) is 0.717. The molecule has 0 aliphatic heterocycles. The topological polar surface area (TPSA) is 55.1 Å². The zero-order valence-electron chi connectivity index (χ0n) is 12.5. The van der Waals surface area contributed by atoms with Crippen molar-refractivity contribution >= 4 is 18.3 Å². The number of carbonyl (C=O) groups excluding carboxylic acids is 1. The lowest BCUT2D eigenvalue weighted by molar-refractivity contribution is -0.124. The molecule has 3 atom stereocenters. The maximum Gasteiger partial charge on any atom is 0.237 e. The average molecular weight is 279 g/mol. The number of rotatable bonds is 8.